The van der Waals surface area contributed by atoms with Gasteiger partial charge in [-0.3, -0.25) is 4.68 Å². The van der Waals surface area contributed by atoms with E-state index >= 15 is 0 Å². The van der Waals surface area contributed by atoms with Crippen LogP contribution in [0.2, 0.25) is 0 Å². The molecule has 0 spiro atoms. The highest BCUT2D eigenvalue weighted by Crippen LogP contribution is 2.36. The zero-order valence-electron chi connectivity index (χ0n) is 12.9. The molecule has 1 N–H and O–H groups in total. The second-order valence-corrected chi connectivity index (χ2v) is 6.74. The summed E-state index contributed by atoms with van der Waals surface area (Å²) in [5, 5.41) is 8.37. The van der Waals surface area contributed by atoms with Crippen molar-refractivity contribution >= 4 is 0 Å². The largest absolute Gasteiger partial charge is 0.308 e. The minimum Gasteiger partial charge on any atom is -0.308 e. The van der Waals surface area contributed by atoms with E-state index in [0.717, 1.165) is 19.4 Å². The molecule has 3 heteroatoms. The summed E-state index contributed by atoms with van der Waals surface area (Å²) >= 11 is 0. The van der Waals surface area contributed by atoms with E-state index in [2.05, 4.69) is 50.0 Å². The third-order valence-electron chi connectivity index (χ3n) is 4.52. The lowest BCUT2D eigenvalue weighted by Gasteiger charge is -2.17. The molecule has 0 aliphatic heterocycles. The molecule has 19 heavy (non-hydrogen) atoms. The molecule has 1 saturated carbocycles. The lowest BCUT2D eigenvalue weighted by molar-refractivity contribution is 0.363. The number of rotatable bonds is 6. The van der Waals surface area contributed by atoms with E-state index in [-0.39, 0.29) is 0 Å². The molecule has 1 aromatic rings. The second-order valence-electron chi connectivity index (χ2n) is 6.74. The molecule has 2 rings (SSSR count). The Balaban J connectivity index is 1.84. The van der Waals surface area contributed by atoms with Crippen molar-refractivity contribution in [1.29, 1.82) is 0 Å². The van der Waals surface area contributed by atoms with Gasteiger partial charge in [-0.2, -0.15) is 5.10 Å². The van der Waals surface area contributed by atoms with E-state index in [9.17, 15) is 0 Å². The molecule has 1 aliphatic rings. The normalized spacial score (nSPS) is 22.3. The van der Waals surface area contributed by atoms with Gasteiger partial charge in [0, 0.05) is 18.8 Å². The number of nitrogens with zero attached hydrogens (tertiary/aromatic N) is 2. The van der Waals surface area contributed by atoms with E-state index in [0.29, 0.717) is 17.5 Å². The van der Waals surface area contributed by atoms with Crippen molar-refractivity contribution in [3.8, 4) is 0 Å². The van der Waals surface area contributed by atoms with E-state index in [4.69, 9.17) is 5.10 Å². The predicted molar refractivity (Wildman–Crippen MR) is 80.1 cm³/mol. The van der Waals surface area contributed by atoms with E-state index < -0.39 is 0 Å². The Morgan fingerprint density at radius 2 is 2.16 bits per heavy atom. The Kier molecular flexibility index (Phi) is 4.67. The fourth-order valence-electron chi connectivity index (χ4n) is 3.20. The summed E-state index contributed by atoms with van der Waals surface area (Å²) < 4.78 is 2.13. The third-order valence-corrected chi connectivity index (χ3v) is 4.52. The standard InChI is InChI=1S/C16H29N3/c1-5-15(6-2)19-10-8-14(18-19)12-17-13-7-9-16(3,4)11-13/h8,10,13,15,17H,5-7,9,11-12H2,1-4H3. The van der Waals surface area contributed by atoms with Crippen LogP contribution >= 0.6 is 0 Å². The van der Waals surface area contributed by atoms with Crippen LogP contribution in [0.15, 0.2) is 12.3 Å². The zero-order valence-corrected chi connectivity index (χ0v) is 12.9. The van der Waals surface area contributed by atoms with Crippen molar-refractivity contribution in [3.63, 3.8) is 0 Å². The molecule has 1 aliphatic carbocycles. The SMILES string of the molecule is CCC(CC)n1ccc(CNC2CCC(C)(C)C2)n1. The maximum atomic E-state index is 4.70. The summed E-state index contributed by atoms with van der Waals surface area (Å²) in [6.45, 7) is 10.1. The van der Waals surface area contributed by atoms with Crippen LogP contribution in [0.4, 0.5) is 0 Å². The number of hydrogen-bond acceptors (Lipinski definition) is 2. The summed E-state index contributed by atoms with van der Waals surface area (Å²) in [5.41, 5.74) is 1.70. The van der Waals surface area contributed by atoms with Crippen molar-refractivity contribution < 1.29 is 0 Å². The van der Waals surface area contributed by atoms with E-state index in [1.165, 1.54) is 25.0 Å². The maximum absolute atomic E-state index is 4.70. The first-order valence-electron chi connectivity index (χ1n) is 7.81. The summed E-state index contributed by atoms with van der Waals surface area (Å²) in [4.78, 5) is 0. The van der Waals surface area contributed by atoms with Crippen molar-refractivity contribution in [3.05, 3.63) is 18.0 Å². The van der Waals surface area contributed by atoms with Crippen molar-refractivity contribution in [2.24, 2.45) is 5.41 Å². The number of aromatic nitrogens is 2. The highest BCUT2D eigenvalue weighted by atomic mass is 15.3. The van der Waals surface area contributed by atoms with Gasteiger partial charge in [-0.1, -0.05) is 27.7 Å². The Hall–Kier alpha value is -0.830. The molecule has 108 valence electrons. The monoisotopic (exact) mass is 263 g/mol. The van der Waals surface area contributed by atoms with Gasteiger partial charge in [0.2, 0.25) is 0 Å². The van der Waals surface area contributed by atoms with Crippen LogP contribution in [0.25, 0.3) is 0 Å². The minimum absolute atomic E-state index is 0.520. The van der Waals surface area contributed by atoms with E-state index in [1.807, 2.05) is 0 Å². The van der Waals surface area contributed by atoms with Gasteiger partial charge in [-0.15, -0.1) is 0 Å². The van der Waals surface area contributed by atoms with Gasteiger partial charge in [0.05, 0.1) is 11.7 Å². The van der Waals surface area contributed by atoms with Crippen molar-refractivity contribution in [1.82, 2.24) is 15.1 Å². The lowest BCUT2D eigenvalue weighted by Crippen LogP contribution is -2.27. The zero-order chi connectivity index (χ0) is 13.9. The Morgan fingerprint density at radius 1 is 1.42 bits per heavy atom. The topological polar surface area (TPSA) is 29.9 Å². The first-order valence-corrected chi connectivity index (χ1v) is 7.81. The maximum Gasteiger partial charge on any atom is 0.0762 e. The molecule has 0 bridgehead atoms. The molecular weight excluding hydrogens is 234 g/mol. The first-order chi connectivity index (χ1) is 9.04. The smallest absolute Gasteiger partial charge is 0.0762 e. The molecular formula is C16H29N3. The molecule has 1 heterocycles. The molecule has 1 unspecified atom stereocenters. The second kappa shape index (κ2) is 6.08. The van der Waals surface area contributed by atoms with Crippen LogP contribution in [-0.4, -0.2) is 15.8 Å². The number of nitrogens with one attached hydrogen (secondary N) is 1. The number of hydrogen-bond donors (Lipinski definition) is 1. The molecule has 0 aromatic carbocycles. The summed E-state index contributed by atoms with van der Waals surface area (Å²) in [7, 11) is 0. The highest BCUT2D eigenvalue weighted by Gasteiger charge is 2.30. The molecule has 3 nitrogen and oxygen atoms in total. The van der Waals surface area contributed by atoms with Crippen LogP contribution in [0.5, 0.6) is 0 Å². The fourth-order valence-corrected chi connectivity index (χ4v) is 3.20. The van der Waals surface area contributed by atoms with Gasteiger partial charge in [0.25, 0.3) is 0 Å². The fraction of sp³-hybridized carbons (Fsp3) is 0.812. The van der Waals surface area contributed by atoms with Crippen molar-refractivity contribution in [2.75, 3.05) is 0 Å². The van der Waals surface area contributed by atoms with Gasteiger partial charge in [0.1, 0.15) is 0 Å². The first kappa shape index (κ1) is 14.6. The molecule has 0 radical (unpaired) electrons. The highest BCUT2D eigenvalue weighted by molar-refractivity contribution is 5.00. The van der Waals surface area contributed by atoms with Gasteiger partial charge < -0.3 is 5.32 Å². The van der Waals surface area contributed by atoms with Gasteiger partial charge in [-0.05, 0) is 43.6 Å². The van der Waals surface area contributed by atoms with Gasteiger partial charge in [-0.25, -0.2) is 0 Å². The minimum atomic E-state index is 0.520. The molecule has 1 aromatic heterocycles. The lowest BCUT2D eigenvalue weighted by atomic mass is 9.92. The Labute approximate surface area is 117 Å². The van der Waals surface area contributed by atoms with Crippen molar-refractivity contribution in [2.45, 2.75) is 78.4 Å². The molecule has 1 atom stereocenters. The predicted octanol–water partition coefficient (Wildman–Crippen LogP) is 3.91. The van der Waals surface area contributed by atoms with E-state index in [1.54, 1.807) is 0 Å². The summed E-state index contributed by atoms with van der Waals surface area (Å²) in [6, 6.07) is 3.39. The summed E-state index contributed by atoms with van der Waals surface area (Å²) in [5.74, 6) is 0. The summed E-state index contributed by atoms with van der Waals surface area (Å²) in [6.07, 6.45) is 8.38. The molecule has 1 fully saturated rings. The van der Waals surface area contributed by atoms with Gasteiger partial charge >= 0.3 is 0 Å². The van der Waals surface area contributed by atoms with Gasteiger partial charge in [0.15, 0.2) is 0 Å². The van der Waals surface area contributed by atoms with Crippen LogP contribution < -0.4 is 5.32 Å². The quantitative estimate of drug-likeness (QED) is 0.843. The molecule has 0 amide bonds. The van der Waals surface area contributed by atoms with Crippen LogP contribution in [0.1, 0.15) is 71.5 Å². The average molecular weight is 263 g/mol. The molecule has 0 saturated heterocycles. The third kappa shape index (κ3) is 3.82. The Morgan fingerprint density at radius 3 is 2.74 bits per heavy atom. The Bertz CT molecular complexity index is 390. The van der Waals surface area contributed by atoms with Crippen LogP contribution in [0, 0.1) is 5.41 Å². The average Bonchev–Trinajstić information content (AvgIpc) is 2.95. The van der Waals surface area contributed by atoms with Crippen LogP contribution in [-0.2, 0) is 6.54 Å². The van der Waals surface area contributed by atoms with Crippen LogP contribution in [0.3, 0.4) is 0 Å².